The van der Waals surface area contributed by atoms with E-state index >= 15 is 0 Å². The molecule has 0 aromatic carbocycles. The van der Waals surface area contributed by atoms with E-state index in [-0.39, 0.29) is 29.4 Å². The first-order valence-electron chi connectivity index (χ1n) is 7.98. The molecular weight excluding hydrogens is 268 g/mol. The lowest BCUT2D eigenvalue weighted by molar-refractivity contribution is -0.141. The molecule has 1 aliphatic heterocycles. The smallest absolute Gasteiger partial charge is 0.223 e. The third-order valence-electron chi connectivity index (χ3n) is 5.39. The molecule has 1 saturated carbocycles. The van der Waals surface area contributed by atoms with Gasteiger partial charge in [0, 0.05) is 18.5 Å². The van der Waals surface area contributed by atoms with Crippen molar-refractivity contribution in [3.8, 4) is 0 Å². The Balaban J connectivity index is 1.89. The van der Waals surface area contributed by atoms with Crippen LogP contribution in [0.3, 0.4) is 0 Å². The molecule has 0 aromatic rings. The van der Waals surface area contributed by atoms with Gasteiger partial charge in [0.25, 0.3) is 0 Å². The van der Waals surface area contributed by atoms with Crippen LogP contribution >= 0.6 is 0 Å². The summed E-state index contributed by atoms with van der Waals surface area (Å²) in [5.41, 5.74) is 6.08. The molecule has 1 aliphatic carbocycles. The number of rotatable bonds is 3. The summed E-state index contributed by atoms with van der Waals surface area (Å²) in [7, 11) is 0. The topological polar surface area (TPSA) is 73.6 Å². The van der Waals surface area contributed by atoms with Gasteiger partial charge in [-0.05, 0) is 38.0 Å². The van der Waals surface area contributed by atoms with Crippen molar-refractivity contribution in [1.82, 2.24) is 5.32 Å². The summed E-state index contributed by atoms with van der Waals surface area (Å²) in [6.07, 6.45) is 1.71. The minimum Gasteiger partial charge on any atom is -0.353 e. The summed E-state index contributed by atoms with van der Waals surface area (Å²) < 4.78 is 11.2. The van der Waals surface area contributed by atoms with E-state index in [2.05, 4.69) is 26.1 Å². The van der Waals surface area contributed by atoms with Crippen molar-refractivity contribution in [2.75, 3.05) is 13.2 Å². The van der Waals surface area contributed by atoms with Gasteiger partial charge in [-0.15, -0.1) is 0 Å². The fourth-order valence-electron chi connectivity index (χ4n) is 3.52. The highest BCUT2D eigenvalue weighted by Crippen LogP contribution is 2.44. The average molecular weight is 298 g/mol. The zero-order chi connectivity index (χ0) is 15.8. The van der Waals surface area contributed by atoms with E-state index in [1.165, 1.54) is 0 Å². The Labute approximate surface area is 127 Å². The molecule has 1 saturated heterocycles. The molecule has 0 radical (unpaired) electrons. The Morgan fingerprint density at radius 2 is 1.95 bits per heavy atom. The third-order valence-corrected chi connectivity index (χ3v) is 5.39. The van der Waals surface area contributed by atoms with Gasteiger partial charge in [0.05, 0.1) is 6.61 Å². The first-order chi connectivity index (χ1) is 9.63. The van der Waals surface area contributed by atoms with Crippen LogP contribution < -0.4 is 11.1 Å². The van der Waals surface area contributed by atoms with Gasteiger partial charge < -0.3 is 20.5 Å². The van der Waals surface area contributed by atoms with Crippen LogP contribution in [0.15, 0.2) is 0 Å². The van der Waals surface area contributed by atoms with E-state index in [4.69, 9.17) is 15.2 Å². The largest absolute Gasteiger partial charge is 0.353 e. The monoisotopic (exact) mass is 298 g/mol. The molecule has 4 unspecified atom stereocenters. The van der Waals surface area contributed by atoms with E-state index in [0.29, 0.717) is 19.1 Å². The van der Waals surface area contributed by atoms with Gasteiger partial charge >= 0.3 is 0 Å². The van der Waals surface area contributed by atoms with E-state index in [0.717, 1.165) is 12.8 Å². The van der Waals surface area contributed by atoms with Crippen LogP contribution in [0.4, 0.5) is 0 Å². The lowest BCUT2D eigenvalue weighted by Crippen LogP contribution is -2.52. The number of hydrogen-bond acceptors (Lipinski definition) is 4. The van der Waals surface area contributed by atoms with Crippen molar-refractivity contribution >= 4 is 5.91 Å². The highest BCUT2D eigenvalue weighted by molar-refractivity contribution is 5.79. The molecule has 5 heteroatoms. The number of nitrogens with one attached hydrogen (secondary N) is 1. The second-order valence-corrected chi connectivity index (χ2v) is 7.60. The zero-order valence-corrected chi connectivity index (χ0v) is 13.9. The summed E-state index contributed by atoms with van der Waals surface area (Å²) in [5, 5.41) is 3.04. The summed E-state index contributed by atoms with van der Waals surface area (Å²) in [6, 6.07) is 0.191. The molecule has 0 spiro atoms. The third kappa shape index (κ3) is 3.58. The molecule has 0 bridgehead atoms. The van der Waals surface area contributed by atoms with Crippen LogP contribution in [0.25, 0.3) is 0 Å². The zero-order valence-electron chi connectivity index (χ0n) is 13.9. The predicted octanol–water partition coefficient (Wildman–Crippen LogP) is 1.65. The Morgan fingerprint density at radius 3 is 2.52 bits per heavy atom. The number of ether oxygens (including phenoxy) is 2. The highest BCUT2D eigenvalue weighted by atomic mass is 16.7. The van der Waals surface area contributed by atoms with Crippen LogP contribution in [-0.2, 0) is 14.3 Å². The number of amides is 1. The molecule has 0 aromatic heterocycles. The molecule has 2 fully saturated rings. The number of carbonyl (C=O) groups excluding carboxylic acids is 1. The molecule has 3 N–H and O–H groups in total. The van der Waals surface area contributed by atoms with Gasteiger partial charge in [-0.3, -0.25) is 4.79 Å². The van der Waals surface area contributed by atoms with Gasteiger partial charge in [-0.2, -0.15) is 0 Å². The summed E-state index contributed by atoms with van der Waals surface area (Å²) in [5.74, 6) is -0.0671. The molecule has 2 aliphatic rings. The van der Waals surface area contributed by atoms with Gasteiger partial charge in [-0.25, -0.2) is 0 Å². The van der Waals surface area contributed by atoms with Gasteiger partial charge in [0.1, 0.15) is 6.10 Å². The average Bonchev–Trinajstić information content (AvgIpc) is 2.73. The van der Waals surface area contributed by atoms with E-state index < -0.39 is 5.79 Å². The van der Waals surface area contributed by atoms with Crippen LogP contribution in [-0.4, -0.2) is 37.0 Å². The molecule has 1 amide bonds. The number of hydrogen-bond donors (Lipinski definition) is 2. The lowest BCUT2D eigenvalue weighted by atomic mass is 9.61. The first-order valence-corrected chi connectivity index (χ1v) is 7.98. The number of carbonyl (C=O) groups is 1. The predicted molar refractivity (Wildman–Crippen MR) is 81.6 cm³/mol. The Morgan fingerprint density at radius 1 is 1.29 bits per heavy atom. The van der Waals surface area contributed by atoms with Crippen LogP contribution in [0.2, 0.25) is 0 Å². The highest BCUT2D eigenvalue weighted by Gasteiger charge is 2.45. The second kappa shape index (κ2) is 5.86. The van der Waals surface area contributed by atoms with Crippen molar-refractivity contribution in [2.24, 2.45) is 23.0 Å². The molecule has 5 nitrogen and oxygen atoms in total. The van der Waals surface area contributed by atoms with Crippen molar-refractivity contribution in [2.45, 2.75) is 65.4 Å². The minimum absolute atomic E-state index is 0.0163. The summed E-state index contributed by atoms with van der Waals surface area (Å²) >= 11 is 0. The second-order valence-electron chi connectivity index (χ2n) is 7.60. The van der Waals surface area contributed by atoms with Gasteiger partial charge in [-0.1, -0.05) is 20.8 Å². The van der Waals surface area contributed by atoms with Crippen molar-refractivity contribution in [3.63, 3.8) is 0 Å². The van der Waals surface area contributed by atoms with Crippen LogP contribution in [0.5, 0.6) is 0 Å². The fraction of sp³-hybridized carbons (Fsp3) is 0.938. The molecule has 4 atom stereocenters. The molecule has 21 heavy (non-hydrogen) atoms. The Hall–Kier alpha value is -0.650. The fourth-order valence-corrected chi connectivity index (χ4v) is 3.52. The summed E-state index contributed by atoms with van der Waals surface area (Å²) in [6.45, 7) is 11.3. The number of nitrogens with two attached hydrogens (primary N) is 1. The minimum atomic E-state index is -0.541. The Kier molecular flexibility index (Phi) is 4.66. The Bertz CT molecular complexity index is 395. The van der Waals surface area contributed by atoms with Crippen molar-refractivity contribution < 1.29 is 14.3 Å². The maximum Gasteiger partial charge on any atom is 0.223 e. The molecular formula is C16H30N2O3. The van der Waals surface area contributed by atoms with E-state index in [1.807, 2.05) is 13.8 Å². The lowest BCUT2D eigenvalue weighted by Gasteiger charge is -2.46. The van der Waals surface area contributed by atoms with E-state index in [1.54, 1.807) is 0 Å². The van der Waals surface area contributed by atoms with Gasteiger partial charge in [0.2, 0.25) is 5.91 Å². The van der Waals surface area contributed by atoms with Gasteiger partial charge in [0.15, 0.2) is 5.79 Å². The quantitative estimate of drug-likeness (QED) is 0.831. The van der Waals surface area contributed by atoms with Crippen molar-refractivity contribution in [3.05, 3.63) is 0 Å². The first kappa shape index (κ1) is 16.7. The molecule has 1 heterocycles. The normalized spacial score (nSPS) is 38.2. The molecule has 2 rings (SSSR count). The molecule has 122 valence electrons. The maximum absolute atomic E-state index is 12.5. The maximum atomic E-state index is 12.5. The standard InChI is InChI=1S/C16H30N2O3/c1-10-13(17)7-6-12(15(10,2)3)14(19)18-8-11-9-20-16(4,5)21-11/h10-13H,6-9,17H2,1-5H3,(H,18,19). The summed E-state index contributed by atoms with van der Waals surface area (Å²) in [4.78, 5) is 12.5. The van der Waals surface area contributed by atoms with Crippen LogP contribution in [0, 0.1) is 17.3 Å². The van der Waals surface area contributed by atoms with E-state index in [9.17, 15) is 4.79 Å². The van der Waals surface area contributed by atoms with Crippen molar-refractivity contribution in [1.29, 1.82) is 0 Å². The van der Waals surface area contributed by atoms with Crippen LogP contribution in [0.1, 0.15) is 47.5 Å². The SMILES string of the molecule is CC1C(N)CCC(C(=O)NCC2COC(C)(C)O2)C1(C)C.